The van der Waals surface area contributed by atoms with Gasteiger partial charge in [-0.1, -0.05) is 25.1 Å². The van der Waals surface area contributed by atoms with E-state index in [2.05, 4.69) is 5.32 Å². The number of benzene rings is 1. The van der Waals surface area contributed by atoms with Crippen molar-refractivity contribution in [2.45, 2.75) is 32.2 Å². The zero-order valence-corrected chi connectivity index (χ0v) is 9.53. The van der Waals surface area contributed by atoms with Crippen LogP contribution in [0.4, 0.5) is 0 Å². The third-order valence-electron chi connectivity index (χ3n) is 2.72. The van der Waals surface area contributed by atoms with Gasteiger partial charge in [-0.05, 0) is 24.5 Å². The van der Waals surface area contributed by atoms with Crippen LogP contribution in [0.2, 0.25) is 0 Å². The molecule has 1 aromatic rings. The number of para-hydroxylation sites is 1. The van der Waals surface area contributed by atoms with Gasteiger partial charge in [0, 0.05) is 6.42 Å². The predicted molar refractivity (Wildman–Crippen MR) is 62.5 cm³/mol. The van der Waals surface area contributed by atoms with Gasteiger partial charge in [0.05, 0.1) is 6.04 Å². The highest BCUT2D eigenvalue weighted by molar-refractivity contribution is 5.76. The molecular formula is C13H17NO2. The van der Waals surface area contributed by atoms with Gasteiger partial charge in [0.25, 0.3) is 0 Å². The Hall–Kier alpha value is -1.51. The average molecular weight is 219 g/mol. The first-order valence-electron chi connectivity index (χ1n) is 5.79. The fourth-order valence-corrected chi connectivity index (χ4v) is 1.95. The molecule has 1 aliphatic heterocycles. The Bertz CT molecular complexity index is 376. The van der Waals surface area contributed by atoms with Gasteiger partial charge in [-0.3, -0.25) is 4.79 Å². The first-order valence-corrected chi connectivity index (χ1v) is 5.79. The van der Waals surface area contributed by atoms with Crippen molar-refractivity contribution in [3.8, 4) is 5.75 Å². The maximum atomic E-state index is 11.5. The average Bonchev–Trinajstić information content (AvgIpc) is 2.29. The smallest absolute Gasteiger partial charge is 0.220 e. The maximum absolute atomic E-state index is 11.5. The van der Waals surface area contributed by atoms with Crippen LogP contribution in [0, 0.1) is 0 Å². The van der Waals surface area contributed by atoms with Gasteiger partial charge in [0.15, 0.2) is 0 Å². The van der Waals surface area contributed by atoms with Crippen LogP contribution in [0.1, 0.15) is 25.3 Å². The summed E-state index contributed by atoms with van der Waals surface area (Å²) in [6, 6.07) is 8.11. The molecule has 2 rings (SSSR count). The number of carbonyl (C=O) groups is 1. The molecule has 1 aliphatic rings. The van der Waals surface area contributed by atoms with E-state index in [1.165, 1.54) is 5.56 Å². The fourth-order valence-electron chi connectivity index (χ4n) is 1.95. The Morgan fingerprint density at radius 2 is 2.31 bits per heavy atom. The lowest BCUT2D eigenvalue weighted by Crippen LogP contribution is -2.42. The number of nitrogens with one attached hydrogen (secondary N) is 1. The van der Waals surface area contributed by atoms with E-state index in [4.69, 9.17) is 4.74 Å². The number of amides is 1. The molecule has 0 unspecified atom stereocenters. The number of rotatable bonds is 3. The van der Waals surface area contributed by atoms with Crippen LogP contribution in [-0.2, 0) is 11.2 Å². The number of ether oxygens (including phenoxy) is 1. The minimum atomic E-state index is 0.119. The molecule has 16 heavy (non-hydrogen) atoms. The zero-order chi connectivity index (χ0) is 11.4. The molecule has 0 saturated heterocycles. The fraction of sp³-hybridized carbons (Fsp3) is 0.462. The van der Waals surface area contributed by atoms with Crippen molar-refractivity contribution in [2.24, 2.45) is 0 Å². The number of hydrogen-bond acceptors (Lipinski definition) is 2. The maximum Gasteiger partial charge on any atom is 0.220 e. The van der Waals surface area contributed by atoms with Crippen LogP contribution >= 0.6 is 0 Å². The van der Waals surface area contributed by atoms with Crippen molar-refractivity contribution in [3.63, 3.8) is 0 Å². The zero-order valence-electron chi connectivity index (χ0n) is 9.53. The van der Waals surface area contributed by atoms with E-state index >= 15 is 0 Å². The van der Waals surface area contributed by atoms with Crippen LogP contribution in [0.15, 0.2) is 24.3 Å². The van der Waals surface area contributed by atoms with Crippen molar-refractivity contribution in [3.05, 3.63) is 29.8 Å². The number of fused-ring (bicyclic) bond motifs is 1. The molecule has 1 atom stereocenters. The molecule has 0 aromatic heterocycles. The normalized spacial score (nSPS) is 18.4. The largest absolute Gasteiger partial charge is 0.491 e. The lowest BCUT2D eigenvalue weighted by Gasteiger charge is -2.25. The van der Waals surface area contributed by atoms with E-state index in [9.17, 15) is 4.79 Å². The highest BCUT2D eigenvalue weighted by atomic mass is 16.5. The molecule has 1 N–H and O–H groups in total. The molecular weight excluding hydrogens is 202 g/mol. The van der Waals surface area contributed by atoms with Crippen molar-refractivity contribution in [1.29, 1.82) is 0 Å². The van der Waals surface area contributed by atoms with E-state index < -0.39 is 0 Å². The predicted octanol–water partition coefficient (Wildman–Crippen LogP) is 1.91. The molecule has 3 nitrogen and oxygen atoms in total. The molecule has 1 amide bonds. The van der Waals surface area contributed by atoms with Gasteiger partial charge < -0.3 is 10.1 Å². The summed E-state index contributed by atoms with van der Waals surface area (Å²) in [5.74, 6) is 1.07. The first kappa shape index (κ1) is 11.0. The highest BCUT2D eigenvalue weighted by Gasteiger charge is 2.20. The standard InChI is InChI=1S/C13H17NO2/c1-2-5-13(15)14-11-8-10-6-3-4-7-12(10)16-9-11/h3-4,6-7,11H,2,5,8-9H2,1H3,(H,14,15)/t11-/m0/s1. The van der Waals surface area contributed by atoms with Crippen molar-refractivity contribution in [2.75, 3.05) is 6.61 Å². The number of carbonyl (C=O) groups excluding carboxylic acids is 1. The Morgan fingerprint density at radius 3 is 3.12 bits per heavy atom. The molecule has 3 heteroatoms. The molecule has 86 valence electrons. The quantitative estimate of drug-likeness (QED) is 0.843. The SMILES string of the molecule is CCCC(=O)N[C@@H]1COc2ccccc2C1. The summed E-state index contributed by atoms with van der Waals surface area (Å²) in [4.78, 5) is 11.5. The lowest BCUT2D eigenvalue weighted by atomic mass is 10.0. The van der Waals surface area contributed by atoms with Crippen LogP contribution < -0.4 is 10.1 Å². The summed E-state index contributed by atoms with van der Waals surface area (Å²) in [6.45, 7) is 2.58. The van der Waals surface area contributed by atoms with Gasteiger partial charge in [-0.25, -0.2) is 0 Å². The van der Waals surface area contributed by atoms with Gasteiger partial charge >= 0.3 is 0 Å². The molecule has 0 fully saturated rings. The molecule has 1 aromatic carbocycles. The molecule has 1 heterocycles. The number of hydrogen-bond donors (Lipinski definition) is 1. The third-order valence-corrected chi connectivity index (χ3v) is 2.72. The molecule has 0 radical (unpaired) electrons. The second-order valence-corrected chi connectivity index (χ2v) is 4.14. The topological polar surface area (TPSA) is 38.3 Å². The second kappa shape index (κ2) is 5.01. The van der Waals surface area contributed by atoms with Crippen LogP contribution in [0.5, 0.6) is 5.75 Å². The second-order valence-electron chi connectivity index (χ2n) is 4.14. The van der Waals surface area contributed by atoms with Crippen LogP contribution in [0.3, 0.4) is 0 Å². The Balaban J connectivity index is 1.95. The Morgan fingerprint density at radius 1 is 1.50 bits per heavy atom. The van der Waals surface area contributed by atoms with Crippen LogP contribution in [0.25, 0.3) is 0 Å². The first-order chi connectivity index (χ1) is 7.79. The van der Waals surface area contributed by atoms with E-state index in [1.54, 1.807) is 0 Å². The monoisotopic (exact) mass is 219 g/mol. The summed E-state index contributed by atoms with van der Waals surface area (Å²) < 4.78 is 5.60. The summed E-state index contributed by atoms with van der Waals surface area (Å²) in [6.07, 6.45) is 2.35. The van der Waals surface area contributed by atoms with E-state index in [0.717, 1.165) is 18.6 Å². The van der Waals surface area contributed by atoms with E-state index in [1.807, 2.05) is 31.2 Å². The van der Waals surface area contributed by atoms with Gasteiger partial charge in [0.1, 0.15) is 12.4 Å². The molecule has 0 saturated carbocycles. The van der Waals surface area contributed by atoms with Crippen molar-refractivity contribution < 1.29 is 9.53 Å². The van der Waals surface area contributed by atoms with E-state index in [0.29, 0.717) is 13.0 Å². The Kier molecular flexibility index (Phi) is 3.44. The summed E-state index contributed by atoms with van der Waals surface area (Å²) in [5.41, 5.74) is 1.18. The molecule has 0 spiro atoms. The minimum Gasteiger partial charge on any atom is -0.491 e. The highest BCUT2D eigenvalue weighted by Crippen LogP contribution is 2.23. The molecule has 0 aliphatic carbocycles. The van der Waals surface area contributed by atoms with Crippen molar-refractivity contribution >= 4 is 5.91 Å². The van der Waals surface area contributed by atoms with Gasteiger partial charge in [-0.15, -0.1) is 0 Å². The van der Waals surface area contributed by atoms with Crippen LogP contribution in [-0.4, -0.2) is 18.6 Å². The third kappa shape index (κ3) is 2.54. The van der Waals surface area contributed by atoms with Gasteiger partial charge in [-0.2, -0.15) is 0 Å². The van der Waals surface area contributed by atoms with E-state index in [-0.39, 0.29) is 11.9 Å². The Labute approximate surface area is 95.8 Å². The molecule has 0 bridgehead atoms. The van der Waals surface area contributed by atoms with Crippen molar-refractivity contribution in [1.82, 2.24) is 5.32 Å². The lowest BCUT2D eigenvalue weighted by molar-refractivity contribution is -0.122. The minimum absolute atomic E-state index is 0.119. The summed E-state index contributed by atoms with van der Waals surface area (Å²) >= 11 is 0. The van der Waals surface area contributed by atoms with Gasteiger partial charge in [0.2, 0.25) is 5.91 Å². The summed E-state index contributed by atoms with van der Waals surface area (Å²) in [7, 11) is 0. The summed E-state index contributed by atoms with van der Waals surface area (Å²) in [5, 5.41) is 3.00.